The third-order valence-electron chi connectivity index (χ3n) is 3.26. The van der Waals surface area contributed by atoms with Crippen molar-refractivity contribution >= 4 is 36.1 Å². The summed E-state index contributed by atoms with van der Waals surface area (Å²) >= 11 is 4.16. The summed E-state index contributed by atoms with van der Waals surface area (Å²) in [6.07, 6.45) is 0.689. The average Bonchev–Trinajstić information content (AvgIpc) is 2.56. The van der Waals surface area contributed by atoms with E-state index in [1.807, 2.05) is 24.3 Å². The van der Waals surface area contributed by atoms with Gasteiger partial charge in [0.05, 0.1) is 5.69 Å². The zero-order valence-corrected chi connectivity index (χ0v) is 13.3. The maximum Gasteiger partial charge on any atom is 0.331 e. The van der Waals surface area contributed by atoms with Crippen LogP contribution < -0.4 is 21.1 Å². The van der Waals surface area contributed by atoms with Gasteiger partial charge in [-0.25, -0.2) is 9.10 Å². The van der Waals surface area contributed by atoms with Crippen molar-refractivity contribution in [3.63, 3.8) is 0 Å². The van der Waals surface area contributed by atoms with E-state index < -0.39 is 5.91 Å². The van der Waals surface area contributed by atoms with Crippen LogP contribution in [-0.4, -0.2) is 18.5 Å². The lowest BCUT2D eigenvalue weighted by Crippen LogP contribution is -2.35. The van der Waals surface area contributed by atoms with Gasteiger partial charge in [-0.2, -0.15) is 0 Å². The van der Waals surface area contributed by atoms with Crippen molar-refractivity contribution in [1.29, 1.82) is 0 Å². The number of primary amides is 1. The quantitative estimate of drug-likeness (QED) is 0.498. The molecule has 0 heterocycles. The molecule has 7 heteroatoms. The molecule has 0 spiro atoms. The molecule has 0 radical (unpaired) electrons. The lowest BCUT2D eigenvalue weighted by molar-refractivity contribution is 0.100. The van der Waals surface area contributed by atoms with E-state index in [9.17, 15) is 9.59 Å². The number of nitrogens with zero attached hydrogens (tertiary/aromatic N) is 1. The van der Waals surface area contributed by atoms with Gasteiger partial charge in [-0.3, -0.25) is 4.79 Å². The second kappa shape index (κ2) is 7.55. The van der Waals surface area contributed by atoms with Crippen molar-refractivity contribution in [3.05, 3.63) is 59.7 Å². The Labute approximate surface area is 140 Å². The summed E-state index contributed by atoms with van der Waals surface area (Å²) < 4.78 is 1.17. The van der Waals surface area contributed by atoms with Crippen LogP contribution in [0.4, 0.5) is 16.2 Å². The molecule has 2 rings (SSSR count). The first-order valence-electron chi connectivity index (χ1n) is 6.98. The number of carbonyl (C=O) groups excluding carboxylic acids is 2. The number of nitrogen functional groups attached to an aromatic ring is 1. The fraction of sp³-hybridized carbons (Fsp3) is 0.125. The van der Waals surface area contributed by atoms with Gasteiger partial charge in [-0.15, -0.1) is 0 Å². The average molecular weight is 330 g/mol. The van der Waals surface area contributed by atoms with Crippen LogP contribution in [0, 0.1) is 0 Å². The summed E-state index contributed by atoms with van der Waals surface area (Å²) in [5.74, 6) is -0.518. The Hall–Kier alpha value is -2.67. The summed E-state index contributed by atoms with van der Waals surface area (Å²) in [6.45, 7) is 0.471. The molecule has 6 nitrogen and oxygen atoms in total. The van der Waals surface area contributed by atoms with Gasteiger partial charge in [-0.05, 0) is 48.4 Å². The van der Waals surface area contributed by atoms with Crippen LogP contribution in [0.15, 0.2) is 48.5 Å². The largest absolute Gasteiger partial charge is 0.399 e. The monoisotopic (exact) mass is 330 g/mol. The molecule has 120 valence electrons. The number of carbonyl (C=O) groups is 2. The number of hydrogen-bond acceptors (Lipinski definition) is 4. The molecule has 0 fully saturated rings. The van der Waals surface area contributed by atoms with E-state index in [4.69, 9.17) is 11.5 Å². The Morgan fingerprint density at radius 1 is 1.04 bits per heavy atom. The molecule has 0 bridgehead atoms. The van der Waals surface area contributed by atoms with Gasteiger partial charge in [-0.1, -0.05) is 24.9 Å². The third kappa shape index (κ3) is 4.65. The van der Waals surface area contributed by atoms with Crippen LogP contribution in [0.1, 0.15) is 15.9 Å². The second-order valence-corrected chi connectivity index (χ2v) is 5.35. The number of thiol groups is 1. The summed E-state index contributed by atoms with van der Waals surface area (Å²) in [6, 6.07) is 13.4. The van der Waals surface area contributed by atoms with Crippen LogP contribution in [0.5, 0.6) is 0 Å². The zero-order valence-electron chi connectivity index (χ0n) is 12.4. The summed E-state index contributed by atoms with van der Waals surface area (Å²) in [5.41, 5.74) is 13.5. The number of nitrogens with two attached hydrogens (primary N) is 2. The maximum atomic E-state index is 12.0. The fourth-order valence-electron chi connectivity index (χ4n) is 1.96. The van der Waals surface area contributed by atoms with Crippen LogP contribution in [-0.2, 0) is 6.42 Å². The van der Waals surface area contributed by atoms with Crippen molar-refractivity contribution in [3.8, 4) is 0 Å². The summed E-state index contributed by atoms with van der Waals surface area (Å²) in [4.78, 5) is 23.0. The van der Waals surface area contributed by atoms with Crippen molar-refractivity contribution in [2.75, 3.05) is 16.6 Å². The summed E-state index contributed by atoms with van der Waals surface area (Å²) in [5, 5.41) is 2.77. The van der Waals surface area contributed by atoms with Gasteiger partial charge >= 0.3 is 6.03 Å². The lowest BCUT2D eigenvalue weighted by atomic mass is 10.1. The van der Waals surface area contributed by atoms with Gasteiger partial charge in [0.1, 0.15) is 0 Å². The first kappa shape index (κ1) is 16.7. The Kier molecular flexibility index (Phi) is 5.48. The molecule has 2 aromatic carbocycles. The van der Waals surface area contributed by atoms with Crippen LogP contribution in [0.25, 0.3) is 0 Å². The number of nitrogens with one attached hydrogen (secondary N) is 1. The van der Waals surface area contributed by atoms with E-state index >= 15 is 0 Å². The number of urea groups is 1. The van der Waals surface area contributed by atoms with Crippen molar-refractivity contribution < 1.29 is 9.59 Å². The number of benzene rings is 2. The smallest absolute Gasteiger partial charge is 0.331 e. The molecule has 5 N–H and O–H groups in total. The molecular formula is C16H18N4O2S. The van der Waals surface area contributed by atoms with Gasteiger partial charge in [0, 0.05) is 17.8 Å². The molecule has 0 atom stereocenters. The van der Waals surface area contributed by atoms with E-state index in [1.54, 1.807) is 24.3 Å². The third-order valence-corrected chi connectivity index (χ3v) is 3.67. The molecule has 0 aliphatic carbocycles. The van der Waals surface area contributed by atoms with Crippen molar-refractivity contribution in [2.45, 2.75) is 6.42 Å². The van der Waals surface area contributed by atoms with E-state index in [1.165, 1.54) is 4.31 Å². The summed E-state index contributed by atoms with van der Waals surface area (Å²) in [7, 11) is 0. The molecule has 0 unspecified atom stereocenters. The first-order chi connectivity index (χ1) is 11.0. The number of hydrogen-bond donors (Lipinski definition) is 4. The van der Waals surface area contributed by atoms with E-state index in [0.29, 0.717) is 29.9 Å². The first-order valence-corrected chi connectivity index (χ1v) is 7.38. The maximum absolute atomic E-state index is 12.0. The molecule has 3 amide bonds. The van der Waals surface area contributed by atoms with Gasteiger partial charge in [0.2, 0.25) is 5.91 Å². The highest BCUT2D eigenvalue weighted by Gasteiger charge is 2.12. The SMILES string of the molecule is NC(=O)c1ccc(N(S)C(=O)NCCc2ccc(N)cc2)cc1. The number of amides is 3. The topological polar surface area (TPSA) is 101 Å². The molecule has 0 saturated heterocycles. The van der Waals surface area contributed by atoms with Gasteiger partial charge in [0.15, 0.2) is 0 Å². The Morgan fingerprint density at radius 2 is 1.65 bits per heavy atom. The number of rotatable bonds is 5. The molecule has 2 aromatic rings. The minimum absolute atomic E-state index is 0.351. The molecule has 23 heavy (non-hydrogen) atoms. The van der Waals surface area contributed by atoms with Gasteiger partial charge < -0.3 is 16.8 Å². The Bertz CT molecular complexity index is 686. The molecule has 0 aliphatic heterocycles. The van der Waals surface area contributed by atoms with Crippen molar-refractivity contribution in [2.24, 2.45) is 5.73 Å². The van der Waals surface area contributed by atoms with E-state index in [2.05, 4.69) is 18.1 Å². The van der Waals surface area contributed by atoms with Crippen LogP contribution >= 0.6 is 12.8 Å². The van der Waals surface area contributed by atoms with Crippen LogP contribution in [0.3, 0.4) is 0 Å². The Morgan fingerprint density at radius 3 is 2.22 bits per heavy atom. The minimum Gasteiger partial charge on any atom is -0.399 e. The zero-order chi connectivity index (χ0) is 16.8. The minimum atomic E-state index is -0.518. The number of anilines is 2. The molecular weight excluding hydrogens is 312 g/mol. The van der Waals surface area contributed by atoms with E-state index in [0.717, 1.165) is 5.56 Å². The predicted octanol–water partition coefficient (Wildman–Crippen LogP) is 1.97. The van der Waals surface area contributed by atoms with Crippen LogP contribution in [0.2, 0.25) is 0 Å². The fourth-order valence-corrected chi connectivity index (χ4v) is 2.16. The lowest BCUT2D eigenvalue weighted by Gasteiger charge is -2.16. The van der Waals surface area contributed by atoms with Crippen molar-refractivity contribution in [1.82, 2.24) is 5.32 Å². The highest BCUT2D eigenvalue weighted by atomic mass is 32.1. The Balaban J connectivity index is 1.87. The molecule has 0 aliphatic rings. The standard InChI is InChI=1S/C16H18N4O2S/c17-13-5-1-11(2-6-13)9-10-19-16(22)20(23)14-7-3-12(4-8-14)15(18)21/h1-8,23H,9-10,17H2,(H2,18,21)(H,19,22). The highest BCUT2D eigenvalue weighted by Crippen LogP contribution is 2.17. The molecule has 0 aromatic heterocycles. The molecule has 0 saturated carbocycles. The second-order valence-electron chi connectivity index (χ2n) is 4.95. The van der Waals surface area contributed by atoms with E-state index in [-0.39, 0.29) is 6.03 Å². The normalized spacial score (nSPS) is 10.1. The predicted molar refractivity (Wildman–Crippen MR) is 94.4 cm³/mol. The highest BCUT2D eigenvalue weighted by molar-refractivity contribution is 7.82. The van der Waals surface area contributed by atoms with Gasteiger partial charge in [0.25, 0.3) is 0 Å².